The number of esters is 4. The molecule has 0 spiro atoms. The van der Waals surface area contributed by atoms with Crippen LogP contribution in [0.4, 0.5) is 0 Å². The Kier molecular flexibility index (Phi) is 53.9. The Morgan fingerprint density at radius 3 is 0.738 bits per heavy atom. The first-order valence-electron chi connectivity index (χ1n) is 33.7. The molecule has 17 nitrogen and oxygen atoms in total. The van der Waals surface area contributed by atoms with Gasteiger partial charge in [-0.3, -0.25) is 37.3 Å². The van der Waals surface area contributed by atoms with Crippen LogP contribution in [-0.4, -0.2) is 96.7 Å². The van der Waals surface area contributed by atoms with Crippen LogP contribution in [0.3, 0.4) is 0 Å². The minimum atomic E-state index is -4.95. The number of aliphatic hydroxyl groups excluding tert-OH is 1. The van der Waals surface area contributed by atoms with Crippen LogP contribution in [0.2, 0.25) is 0 Å². The highest BCUT2D eigenvalue weighted by Gasteiger charge is 2.30. The van der Waals surface area contributed by atoms with Gasteiger partial charge in [-0.1, -0.05) is 261 Å². The predicted octanol–water partition coefficient (Wildman–Crippen LogP) is 17.8. The van der Waals surface area contributed by atoms with Crippen molar-refractivity contribution in [1.82, 2.24) is 0 Å². The van der Waals surface area contributed by atoms with Crippen molar-refractivity contribution >= 4 is 39.5 Å². The minimum Gasteiger partial charge on any atom is -0.462 e. The minimum absolute atomic E-state index is 0.100. The van der Waals surface area contributed by atoms with Gasteiger partial charge in [0.15, 0.2) is 12.2 Å². The van der Waals surface area contributed by atoms with E-state index in [1.165, 1.54) is 109 Å². The van der Waals surface area contributed by atoms with E-state index in [0.29, 0.717) is 37.5 Å². The van der Waals surface area contributed by atoms with E-state index >= 15 is 0 Å². The van der Waals surface area contributed by atoms with Crippen LogP contribution in [0.1, 0.15) is 312 Å². The normalized spacial score (nSPS) is 14.4. The van der Waals surface area contributed by atoms with Crippen LogP contribution >= 0.6 is 15.6 Å². The quantitative estimate of drug-likeness (QED) is 0.0222. The average molecular weight is 1240 g/mol. The van der Waals surface area contributed by atoms with Gasteiger partial charge >= 0.3 is 39.5 Å². The summed E-state index contributed by atoms with van der Waals surface area (Å²) in [5, 5.41) is 10.5. The summed E-state index contributed by atoms with van der Waals surface area (Å²) in [6.45, 7) is 13.9. The lowest BCUT2D eigenvalue weighted by atomic mass is 10.0. The Morgan fingerprint density at radius 2 is 0.500 bits per heavy atom. The molecule has 0 aliphatic carbocycles. The van der Waals surface area contributed by atoms with Gasteiger partial charge in [0.05, 0.1) is 26.4 Å². The van der Waals surface area contributed by atoms with E-state index in [0.717, 1.165) is 108 Å². The van der Waals surface area contributed by atoms with Crippen LogP contribution in [0, 0.1) is 23.7 Å². The third-order valence-electron chi connectivity index (χ3n) is 14.8. The van der Waals surface area contributed by atoms with Crippen molar-refractivity contribution in [2.24, 2.45) is 23.7 Å². The summed E-state index contributed by atoms with van der Waals surface area (Å²) in [5.41, 5.74) is 0. The molecule has 0 aromatic heterocycles. The number of carbonyl (C=O) groups is 4. The molecule has 3 N–H and O–H groups in total. The second kappa shape index (κ2) is 55.2. The predicted molar refractivity (Wildman–Crippen MR) is 335 cm³/mol. The zero-order valence-electron chi connectivity index (χ0n) is 54.5. The molecule has 0 amide bonds. The number of hydrogen-bond acceptors (Lipinski definition) is 15. The van der Waals surface area contributed by atoms with E-state index in [-0.39, 0.29) is 25.7 Å². The van der Waals surface area contributed by atoms with E-state index in [9.17, 15) is 43.2 Å². The largest absolute Gasteiger partial charge is 0.472 e. The van der Waals surface area contributed by atoms with Gasteiger partial charge in [0.1, 0.15) is 19.3 Å². The number of aliphatic hydroxyl groups is 1. The molecule has 0 saturated heterocycles. The van der Waals surface area contributed by atoms with Crippen LogP contribution in [0.5, 0.6) is 0 Å². The first-order valence-corrected chi connectivity index (χ1v) is 36.7. The molecule has 5 atom stereocenters. The molecule has 19 heteroatoms. The van der Waals surface area contributed by atoms with Crippen molar-refractivity contribution in [2.75, 3.05) is 39.6 Å². The molecule has 0 fully saturated rings. The van der Waals surface area contributed by atoms with E-state index < -0.39 is 97.5 Å². The topological polar surface area (TPSA) is 237 Å². The number of phosphoric ester groups is 2. The fraction of sp³-hybridized carbons (Fsp3) is 0.938. The Bertz CT molecular complexity index is 1680. The maximum Gasteiger partial charge on any atom is 0.472 e. The smallest absolute Gasteiger partial charge is 0.462 e. The van der Waals surface area contributed by atoms with Gasteiger partial charge in [0.25, 0.3) is 0 Å². The summed E-state index contributed by atoms with van der Waals surface area (Å²) in [5.74, 6) is 0.709. The van der Waals surface area contributed by atoms with Crippen molar-refractivity contribution in [3.63, 3.8) is 0 Å². The molecule has 0 aromatic rings. The standard InChI is InChI=1S/C65H126O17P2/c1-55(2)41-33-25-17-13-11-9-10-12-14-20-31-39-47-64(69)81-60(51-75-62(67)45-37-29-19-16-15-18-26-34-42-56(3)4)53-79-83(71,72)77-49-59(66)50-78-84(73,74)80-54-61(82-65(70)48-40-32-24-22-28-36-44-58(7)8)52-76-63(68)46-38-30-23-21-27-35-43-57(5)6/h55-61,66H,9-54H2,1-8H3,(H,71,72)(H,73,74)/t59-,60-,61-/m1/s1. The lowest BCUT2D eigenvalue weighted by molar-refractivity contribution is -0.161. The Hall–Kier alpha value is -1.94. The van der Waals surface area contributed by atoms with Crippen molar-refractivity contribution in [2.45, 2.75) is 331 Å². The molecule has 0 aliphatic rings. The monoisotopic (exact) mass is 1240 g/mol. The van der Waals surface area contributed by atoms with Gasteiger partial charge in [0.2, 0.25) is 0 Å². The van der Waals surface area contributed by atoms with Crippen LogP contribution in [0.25, 0.3) is 0 Å². The van der Waals surface area contributed by atoms with Crippen molar-refractivity contribution in [3.05, 3.63) is 0 Å². The maximum absolute atomic E-state index is 13.0. The van der Waals surface area contributed by atoms with E-state index in [1.54, 1.807) is 0 Å². The van der Waals surface area contributed by atoms with E-state index in [1.807, 2.05) is 0 Å². The Labute approximate surface area is 511 Å². The summed E-state index contributed by atoms with van der Waals surface area (Å²) in [7, 11) is -9.89. The first kappa shape index (κ1) is 82.1. The summed E-state index contributed by atoms with van der Waals surface area (Å²) in [6, 6.07) is 0. The van der Waals surface area contributed by atoms with Gasteiger partial charge in [-0.25, -0.2) is 9.13 Å². The molecular weight excluding hydrogens is 1110 g/mol. The number of rotatable bonds is 62. The highest BCUT2D eigenvalue weighted by atomic mass is 31.2. The average Bonchev–Trinajstić information content (AvgIpc) is 3.46. The summed E-state index contributed by atoms with van der Waals surface area (Å²) >= 11 is 0. The van der Waals surface area contributed by atoms with Gasteiger partial charge in [-0.05, 0) is 49.4 Å². The lowest BCUT2D eigenvalue weighted by Crippen LogP contribution is -2.30. The second-order valence-electron chi connectivity index (χ2n) is 25.4. The van der Waals surface area contributed by atoms with Crippen molar-refractivity contribution in [1.29, 1.82) is 0 Å². The fourth-order valence-electron chi connectivity index (χ4n) is 9.61. The SMILES string of the molecule is CC(C)CCCCCCCCCCCCCCC(=O)O[C@H](COC(=O)CCCCCCCCCCC(C)C)COP(=O)(O)OC[C@@H](O)COP(=O)(O)OC[C@@H](COC(=O)CCCCCCCCC(C)C)OC(=O)CCCCCCCCC(C)C. The molecule has 0 aliphatic heterocycles. The lowest BCUT2D eigenvalue weighted by Gasteiger charge is -2.21. The maximum atomic E-state index is 13.0. The van der Waals surface area contributed by atoms with Gasteiger partial charge in [-0.15, -0.1) is 0 Å². The van der Waals surface area contributed by atoms with Crippen molar-refractivity contribution < 1.29 is 80.2 Å². The number of unbranched alkanes of at least 4 members (excludes halogenated alkanes) is 28. The second-order valence-corrected chi connectivity index (χ2v) is 28.3. The highest BCUT2D eigenvalue weighted by Crippen LogP contribution is 2.45. The molecular formula is C65H126O17P2. The fourth-order valence-corrected chi connectivity index (χ4v) is 11.2. The molecule has 0 radical (unpaired) electrons. The third-order valence-corrected chi connectivity index (χ3v) is 16.7. The number of carbonyl (C=O) groups excluding carboxylic acids is 4. The molecule has 2 unspecified atom stereocenters. The molecule has 0 rings (SSSR count). The molecule has 0 saturated carbocycles. The third kappa shape index (κ3) is 59.0. The van der Waals surface area contributed by atoms with Crippen molar-refractivity contribution in [3.8, 4) is 0 Å². The van der Waals surface area contributed by atoms with Crippen LogP contribution in [0.15, 0.2) is 0 Å². The van der Waals surface area contributed by atoms with Crippen LogP contribution in [-0.2, 0) is 65.4 Å². The Balaban J connectivity index is 5.23. The number of hydrogen-bond donors (Lipinski definition) is 3. The summed E-state index contributed by atoms with van der Waals surface area (Å²) < 4.78 is 68.0. The summed E-state index contributed by atoms with van der Waals surface area (Å²) in [6.07, 6.45) is 35.2. The van der Waals surface area contributed by atoms with Crippen LogP contribution < -0.4 is 0 Å². The number of phosphoric acid groups is 2. The molecule has 0 aromatic carbocycles. The van der Waals surface area contributed by atoms with Gasteiger partial charge in [0, 0.05) is 25.7 Å². The molecule has 0 bridgehead atoms. The zero-order valence-corrected chi connectivity index (χ0v) is 56.3. The number of ether oxygens (including phenoxy) is 4. The zero-order chi connectivity index (χ0) is 62.5. The summed E-state index contributed by atoms with van der Waals surface area (Å²) in [4.78, 5) is 72.2. The highest BCUT2D eigenvalue weighted by molar-refractivity contribution is 7.47. The van der Waals surface area contributed by atoms with E-state index in [2.05, 4.69) is 55.4 Å². The molecule has 498 valence electrons. The van der Waals surface area contributed by atoms with Gasteiger partial charge < -0.3 is 33.8 Å². The molecule has 84 heavy (non-hydrogen) atoms. The van der Waals surface area contributed by atoms with E-state index in [4.69, 9.17) is 37.0 Å². The molecule has 0 heterocycles. The van der Waals surface area contributed by atoms with Gasteiger partial charge in [-0.2, -0.15) is 0 Å². The Morgan fingerprint density at radius 1 is 0.298 bits per heavy atom. The first-order chi connectivity index (χ1) is 40.1.